The van der Waals surface area contributed by atoms with Gasteiger partial charge < -0.3 is 15.6 Å². The van der Waals surface area contributed by atoms with Crippen LogP contribution in [0, 0.1) is 3.57 Å². The average Bonchev–Trinajstić information content (AvgIpc) is 2.19. The maximum atomic E-state index is 12.2. The maximum Gasteiger partial charge on any atom is 0.573 e. The molecule has 18 heavy (non-hydrogen) atoms. The molecule has 0 spiro atoms. The second-order valence-corrected chi connectivity index (χ2v) is 4.27. The van der Waals surface area contributed by atoms with E-state index in [9.17, 15) is 18.0 Å². The van der Waals surface area contributed by atoms with Crippen molar-refractivity contribution < 1.29 is 27.8 Å². The van der Waals surface area contributed by atoms with Crippen LogP contribution in [0.25, 0.3) is 0 Å². The molecule has 9 heteroatoms. The van der Waals surface area contributed by atoms with Crippen molar-refractivity contribution in [1.82, 2.24) is 4.98 Å². The fourth-order valence-corrected chi connectivity index (χ4v) is 1.80. The molecule has 0 amide bonds. The van der Waals surface area contributed by atoms with Gasteiger partial charge in [-0.2, -0.15) is 0 Å². The van der Waals surface area contributed by atoms with Crippen molar-refractivity contribution in [1.29, 1.82) is 0 Å². The van der Waals surface area contributed by atoms with Crippen molar-refractivity contribution in [3.8, 4) is 5.75 Å². The SMILES string of the molecule is NCc1nc(CC(=O)O)cc(OC(F)(F)F)c1I. The first-order valence-corrected chi connectivity index (χ1v) is 5.66. The largest absolute Gasteiger partial charge is 0.573 e. The number of pyridine rings is 1. The van der Waals surface area contributed by atoms with Crippen molar-refractivity contribution in [3.05, 3.63) is 21.0 Å². The van der Waals surface area contributed by atoms with E-state index in [2.05, 4.69) is 9.72 Å². The summed E-state index contributed by atoms with van der Waals surface area (Å²) < 4.78 is 40.4. The van der Waals surface area contributed by atoms with Crippen molar-refractivity contribution in [3.63, 3.8) is 0 Å². The van der Waals surface area contributed by atoms with Crippen LogP contribution in [0.2, 0.25) is 0 Å². The molecule has 0 radical (unpaired) electrons. The normalized spacial score (nSPS) is 11.4. The number of nitrogens with two attached hydrogens (primary N) is 1. The van der Waals surface area contributed by atoms with E-state index < -0.39 is 24.5 Å². The molecule has 0 saturated carbocycles. The number of aliphatic carboxylic acids is 1. The number of hydrogen-bond donors (Lipinski definition) is 2. The van der Waals surface area contributed by atoms with Gasteiger partial charge in [-0.1, -0.05) is 0 Å². The molecule has 0 atom stereocenters. The third-order valence-corrected chi connectivity index (χ3v) is 2.95. The summed E-state index contributed by atoms with van der Waals surface area (Å²) in [6.07, 6.45) is -5.36. The smallest absolute Gasteiger partial charge is 0.481 e. The van der Waals surface area contributed by atoms with E-state index in [-0.39, 0.29) is 21.5 Å². The lowest BCUT2D eigenvalue weighted by molar-refractivity contribution is -0.275. The molecule has 1 aromatic heterocycles. The van der Waals surface area contributed by atoms with Crippen molar-refractivity contribution in [2.75, 3.05) is 0 Å². The summed E-state index contributed by atoms with van der Waals surface area (Å²) in [7, 11) is 0. The van der Waals surface area contributed by atoms with Crippen LogP contribution in [0.1, 0.15) is 11.4 Å². The van der Waals surface area contributed by atoms with Crippen LogP contribution in [0.3, 0.4) is 0 Å². The van der Waals surface area contributed by atoms with Gasteiger partial charge in [0.2, 0.25) is 0 Å². The quantitative estimate of drug-likeness (QED) is 0.782. The van der Waals surface area contributed by atoms with E-state index in [1.54, 1.807) is 22.6 Å². The molecular formula is C9H8F3IN2O3. The Bertz CT molecular complexity index is 465. The molecule has 0 aliphatic rings. The van der Waals surface area contributed by atoms with Gasteiger partial charge in [-0.3, -0.25) is 9.78 Å². The molecule has 0 aliphatic carbocycles. The Morgan fingerprint density at radius 2 is 2.17 bits per heavy atom. The van der Waals surface area contributed by atoms with E-state index in [0.29, 0.717) is 0 Å². The zero-order valence-electron chi connectivity index (χ0n) is 8.79. The fourth-order valence-electron chi connectivity index (χ4n) is 1.19. The minimum absolute atomic E-state index is 0.0392. The predicted octanol–water partition coefficient (Wildman–Crippen LogP) is 1.67. The van der Waals surface area contributed by atoms with Gasteiger partial charge in [-0.05, 0) is 22.6 Å². The molecular weight excluding hydrogens is 368 g/mol. The molecule has 1 rings (SSSR count). The summed E-state index contributed by atoms with van der Waals surface area (Å²) in [6.45, 7) is -0.111. The molecule has 5 nitrogen and oxygen atoms in total. The Hall–Kier alpha value is -1.10. The number of rotatable bonds is 4. The number of halogens is 4. The van der Waals surface area contributed by atoms with Crippen LogP contribution in [0.4, 0.5) is 13.2 Å². The molecule has 1 aromatic rings. The molecule has 0 saturated heterocycles. The van der Waals surface area contributed by atoms with Crippen LogP contribution in [-0.2, 0) is 17.8 Å². The van der Waals surface area contributed by atoms with Crippen molar-refractivity contribution in [2.24, 2.45) is 5.73 Å². The van der Waals surface area contributed by atoms with Gasteiger partial charge in [0.25, 0.3) is 0 Å². The lowest BCUT2D eigenvalue weighted by Crippen LogP contribution is -2.19. The Morgan fingerprint density at radius 1 is 1.56 bits per heavy atom. The van der Waals surface area contributed by atoms with Crippen LogP contribution in [0.5, 0.6) is 5.75 Å². The zero-order chi connectivity index (χ0) is 13.9. The molecule has 0 aromatic carbocycles. The summed E-state index contributed by atoms with van der Waals surface area (Å²) >= 11 is 1.62. The van der Waals surface area contributed by atoms with Crippen LogP contribution < -0.4 is 10.5 Å². The predicted molar refractivity (Wildman–Crippen MR) is 62.9 cm³/mol. The van der Waals surface area contributed by atoms with Crippen molar-refractivity contribution in [2.45, 2.75) is 19.3 Å². The van der Waals surface area contributed by atoms with E-state index >= 15 is 0 Å². The minimum atomic E-state index is -4.85. The van der Waals surface area contributed by atoms with Crippen molar-refractivity contribution >= 4 is 28.6 Å². The monoisotopic (exact) mass is 376 g/mol. The van der Waals surface area contributed by atoms with Gasteiger partial charge in [-0.25, -0.2) is 0 Å². The first-order chi connectivity index (χ1) is 8.23. The number of aromatic nitrogens is 1. The highest BCUT2D eigenvalue weighted by Gasteiger charge is 2.32. The van der Waals surface area contributed by atoms with Gasteiger partial charge in [0, 0.05) is 12.6 Å². The van der Waals surface area contributed by atoms with Gasteiger partial charge in [0.1, 0.15) is 5.75 Å². The van der Waals surface area contributed by atoms with E-state index in [1.807, 2.05) is 0 Å². The highest BCUT2D eigenvalue weighted by molar-refractivity contribution is 14.1. The molecule has 0 unspecified atom stereocenters. The third kappa shape index (κ3) is 4.29. The number of nitrogens with zero attached hydrogens (tertiary/aromatic N) is 1. The van der Waals surface area contributed by atoms with E-state index in [4.69, 9.17) is 10.8 Å². The standard InChI is InChI=1S/C9H8F3IN2O3/c10-9(11,12)18-6-1-4(2-7(16)17)15-5(3-14)8(6)13/h1H,2-3,14H2,(H,16,17). The maximum absolute atomic E-state index is 12.2. The minimum Gasteiger partial charge on any atom is -0.481 e. The topological polar surface area (TPSA) is 85.4 Å². The number of alkyl halides is 3. The molecule has 1 heterocycles. The van der Waals surface area contributed by atoms with Crippen LogP contribution in [-0.4, -0.2) is 22.4 Å². The van der Waals surface area contributed by atoms with Gasteiger partial charge in [-0.15, -0.1) is 13.2 Å². The first-order valence-electron chi connectivity index (χ1n) is 4.59. The lowest BCUT2D eigenvalue weighted by Gasteiger charge is -2.13. The number of hydrogen-bond acceptors (Lipinski definition) is 4. The highest BCUT2D eigenvalue weighted by atomic mass is 127. The Balaban J connectivity index is 3.18. The molecule has 0 bridgehead atoms. The molecule has 100 valence electrons. The second-order valence-electron chi connectivity index (χ2n) is 3.19. The average molecular weight is 376 g/mol. The molecule has 0 fully saturated rings. The van der Waals surface area contributed by atoms with E-state index in [0.717, 1.165) is 6.07 Å². The number of ether oxygens (including phenoxy) is 1. The van der Waals surface area contributed by atoms with Gasteiger partial charge in [0.05, 0.1) is 21.4 Å². The number of carbonyl (C=O) groups is 1. The zero-order valence-corrected chi connectivity index (χ0v) is 10.9. The summed E-state index contributed by atoms with van der Waals surface area (Å²) in [6, 6.07) is 0.947. The summed E-state index contributed by atoms with van der Waals surface area (Å²) in [5, 5.41) is 8.59. The van der Waals surface area contributed by atoms with E-state index in [1.165, 1.54) is 0 Å². The van der Waals surface area contributed by atoms with Crippen LogP contribution in [0.15, 0.2) is 6.07 Å². The van der Waals surface area contributed by atoms with Gasteiger partial charge in [0.15, 0.2) is 0 Å². The lowest BCUT2D eigenvalue weighted by atomic mass is 10.2. The number of carboxylic acids is 1. The highest BCUT2D eigenvalue weighted by Crippen LogP contribution is 2.30. The summed E-state index contributed by atoms with van der Waals surface area (Å²) in [5.41, 5.74) is 5.45. The third-order valence-electron chi connectivity index (χ3n) is 1.80. The first kappa shape index (κ1) is 15.0. The Labute approximate surface area is 113 Å². The fraction of sp³-hybridized carbons (Fsp3) is 0.333. The number of carboxylic acid groups (broad SMARTS) is 1. The Kier molecular flexibility index (Phi) is 4.73. The molecule has 3 N–H and O–H groups in total. The van der Waals surface area contributed by atoms with Gasteiger partial charge >= 0.3 is 12.3 Å². The summed E-state index contributed by atoms with van der Waals surface area (Å²) in [5.74, 6) is -1.69. The van der Waals surface area contributed by atoms with Crippen LogP contribution >= 0.6 is 22.6 Å². The molecule has 0 aliphatic heterocycles. The summed E-state index contributed by atoms with van der Waals surface area (Å²) in [4.78, 5) is 14.4. The second kappa shape index (κ2) is 5.69. The Morgan fingerprint density at radius 3 is 2.61 bits per heavy atom.